The highest BCUT2D eigenvalue weighted by Crippen LogP contribution is 2.37. The Kier molecular flexibility index (Phi) is 9.04. The SMILES string of the molecule is CC[C@H](NC(=O)c1ccc(F)c(N(C2CN(C(c3ccc(Cl)cc3)c3ccc(Cl)cc3)C2)S(C)(=O)=O)c1)C(N)=O. The number of nitrogens with zero attached hydrogens (tertiary/aromatic N) is 2. The first-order valence-electron chi connectivity index (χ1n) is 12.5. The summed E-state index contributed by atoms with van der Waals surface area (Å²) in [4.78, 5) is 26.4. The van der Waals surface area contributed by atoms with E-state index in [4.69, 9.17) is 28.9 Å². The molecule has 0 aliphatic carbocycles. The molecule has 1 atom stereocenters. The Balaban J connectivity index is 1.63. The van der Waals surface area contributed by atoms with Crippen molar-refractivity contribution in [2.24, 2.45) is 5.73 Å². The first-order chi connectivity index (χ1) is 18.9. The van der Waals surface area contributed by atoms with Gasteiger partial charge in [-0.2, -0.15) is 0 Å². The number of nitrogens with two attached hydrogens (primary N) is 1. The van der Waals surface area contributed by atoms with Crippen LogP contribution in [0.2, 0.25) is 10.0 Å². The van der Waals surface area contributed by atoms with Gasteiger partial charge in [-0.25, -0.2) is 12.8 Å². The summed E-state index contributed by atoms with van der Waals surface area (Å²) >= 11 is 12.2. The second-order valence-electron chi connectivity index (χ2n) is 9.68. The summed E-state index contributed by atoms with van der Waals surface area (Å²) in [6, 6.07) is 16.5. The molecule has 3 aromatic rings. The average Bonchev–Trinajstić information content (AvgIpc) is 2.87. The molecular weight excluding hydrogens is 578 g/mol. The molecule has 2 amide bonds. The highest BCUT2D eigenvalue weighted by atomic mass is 35.5. The lowest BCUT2D eigenvalue weighted by atomic mass is 9.93. The summed E-state index contributed by atoms with van der Waals surface area (Å²) in [5.74, 6) is -2.17. The molecule has 0 radical (unpaired) electrons. The van der Waals surface area contributed by atoms with Crippen LogP contribution in [0.1, 0.15) is 40.9 Å². The van der Waals surface area contributed by atoms with E-state index in [-0.39, 0.29) is 23.7 Å². The van der Waals surface area contributed by atoms with Crippen molar-refractivity contribution < 1.29 is 22.4 Å². The van der Waals surface area contributed by atoms with E-state index in [0.717, 1.165) is 27.8 Å². The number of halogens is 3. The number of likely N-dealkylation sites (tertiary alicyclic amines) is 1. The molecule has 8 nitrogen and oxygen atoms in total. The molecule has 3 N–H and O–H groups in total. The smallest absolute Gasteiger partial charge is 0.252 e. The number of primary amides is 1. The Morgan fingerprint density at radius 3 is 2.00 bits per heavy atom. The molecule has 40 heavy (non-hydrogen) atoms. The maximum Gasteiger partial charge on any atom is 0.252 e. The second-order valence-corrected chi connectivity index (χ2v) is 12.4. The van der Waals surface area contributed by atoms with Crippen LogP contribution < -0.4 is 15.4 Å². The third-order valence-electron chi connectivity index (χ3n) is 6.82. The normalized spacial score (nSPS) is 14.9. The number of hydrogen-bond donors (Lipinski definition) is 2. The van der Waals surface area contributed by atoms with E-state index in [1.54, 1.807) is 31.2 Å². The van der Waals surface area contributed by atoms with E-state index in [1.165, 1.54) is 12.1 Å². The molecule has 4 rings (SSSR count). The first kappa shape index (κ1) is 29.8. The number of benzene rings is 3. The minimum atomic E-state index is -3.95. The predicted octanol–water partition coefficient (Wildman–Crippen LogP) is 4.37. The van der Waals surface area contributed by atoms with Gasteiger partial charge in [-0.15, -0.1) is 0 Å². The largest absolute Gasteiger partial charge is 0.368 e. The highest BCUT2D eigenvalue weighted by Gasteiger charge is 2.41. The lowest BCUT2D eigenvalue weighted by Gasteiger charge is -2.48. The number of rotatable bonds is 10. The Labute approximate surface area is 242 Å². The number of anilines is 1. The summed E-state index contributed by atoms with van der Waals surface area (Å²) in [6.45, 7) is 2.26. The van der Waals surface area contributed by atoms with Gasteiger partial charge in [-0.1, -0.05) is 54.4 Å². The van der Waals surface area contributed by atoms with Crippen molar-refractivity contribution in [3.63, 3.8) is 0 Å². The molecule has 0 saturated carbocycles. The van der Waals surface area contributed by atoms with Crippen LogP contribution in [0.15, 0.2) is 66.7 Å². The number of amides is 2. The van der Waals surface area contributed by atoms with Gasteiger partial charge in [0.2, 0.25) is 15.9 Å². The fourth-order valence-corrected chi connectivity index (χ4v) is 6.26. The van der Waals surface area contributed by atoms with Crippen molar-refractivity contribution in [1.82, 2.24) is 10.2 Å². The van der Waals surface area contributed by atoms with Crippen LogP contribution in [-0.4, -0.2) is 56.6 Å². The molecule has 1 heterocycles. The van der Waals surface area contributed by atoms with Gasteiger partial charge in [0.25, 0.3) is 5.91 Å². The topological polar surface area (TPSA) is 113 Å². The number of carbonyl (C=O) groups excluding carboxylic acids is 2. The van der Waals surface area contributed by atoms with Gasteiger partial charge >= 0.3 is 0 Å². The predicted molar refractivity (Wildman–Crippen MR) is 155 cm³/mol. The molecule has 1 saturated heterocycles. The molecule has 12 heteroatoms. The molecule has 3 aromatic carbocycles. The van der Waals surface area contributed by atoms with Crippen molar-refractivity contribution in [2.75, 3.05) is 23.7 Å². The highest BCUT2D eigenvalue weighted by molar-refractivity contribution is 7.92. The van der Waals surface area contributed by atoms with Crippen molar-refractivity contribution in [2.45, 2.75) is 31.5 Å². The third kappa shape index (κ3) is 6.58. The molecule has 1 fully saturated rings. The molecule has 0 spiro atoms. The minimum Gasteiger partial charge on any atom is -0.368 e. The van der Waals surface area contributed by atoms with Crippen LogP contribution in [0.25, 0.3) is 0 Å². The van der Waals surface area contributed by atoms with Crippen LogP contribution in [0.4, 0.5) is 10.1 Å². The monoisotopic (exact) mass is 606 g/mol. The van der Waals surface area contributed by atoms with Crippen molar-refractivity contribution >= 4 is 50.7 Å². The van der Waals surface area contributed by atoms with E-state index in [0.29, 0.717) is 23.1 Å². The van der Waals surface area contributed by atoms with Gasteiger partial charge in [0.1, 0.15) is 11.9 Å². The zero-order valence-electron chi connectivity index (χ0n) is 21.9. The van der Waals surface area contributed by atoms with Gasteiger partial charge in [0, 0.05) is 28.7 Å². The summed E-state index contributed by atoms with van der Waals surface area (Å²) in [5, 5.41) is 3.67. The Morgan fingerprint density at radius 2 is 1.55 bits per heavy atom. The van der Waals surface area contributed by atoms with Gasteiger partial charge in [0.05, 0.1) is 24.0 Å². The van der Waals surface area contributed by atoms with E-state index < -0.39 is 39.7 Å². The standard InChI is InChI=1S/C28H29Cl2FN4O4S/c1-3-24(27(32)36)33-28(37)19-8-13-23(31)25(14-19)35(40(2,38)39)22-15-34(16-22)26(17-4-9-20(29)10-5-17)18-6-11-21(30)12-7-18/h4-14,22,24,26H,3,15-16H2,1-2H3,(H2,32,36)(H,33,37)/t24-/m0/s1. The summed E-state index contributed by atoms with van der Waals surface area (Å²) in [5.41, 5.74) is 6.96. The van der Waals surface area contributed by atoms with Gasteiger partial charge in [-0.3, -0.25) is 18.8 Å². The maximum absolute atomic E-state index is 15.1. The zero-order chi connectivity index (χ0) is 29.2. The van der Waals surface area contributed by atoms with E-state index >= 15 is 4.39 Å². The van der Waals surface area contributed by atoms with Crippen molar-refractivity contribution in [3.8, 4) is 0 Å². The third-order valence-corrected chi connectivity index (χ3v) is 8.53. The van der Waals surface area contributed by atoms with Gasteiger partial charge in [0.15, 0.2) is 0 Å². The Morgan fingerprint density at radius 1 is 1.02 bits per heavy atom. The molecule has 1 aliphatic rings. The molecular formula is C28H29Cl2FN4O4S. The molecule has 0 aromatic heterocycles. The first-order valence-corrected chi connectivity index (χ1v) is 15.1. The summed E-state index contributed by atoms with van der Waals surface area (Å²) in [7, 11) is -3.95. The average molecular weight is 608 g/mol. The fourth-order valence-electron chi connectivity index (χ4n) is 4.84. The van der Waals surface area contributed by atoms with Crippen LogP contribution in [-0.2, 0) is 14.8 Å². The molecule has 1 aliphatic heterocycles. The quantitative estimate of drug-likeness (QED) is 0.356. The lowest BCUT2D eigenvalue weighted by molar-refractivity contribution is -0.119. The Hall–Kier alpha value is -3.18. The minimum absolute atomic E-state index is 0.00105. The molecule has 0 bridgehead atoms. The van der Waals surface area contributed by atoms with Crippen LogP contribution in [0.5, 0.6) is 0 Å². The zero-order valence-corrected chi connectivity index (χ0v) is 24.2. The summed E-state index contributed by atoms with van der Waals surface area (Å²) < 4.78 is 42.0. The number of hydrogen-bond acceptors (Lipinski definition) is 5. The van der Waals surface area contributed by atoms with Crippen LogP contribution >= 0.6 is 23.2 Å². The second kappa shape index (κ2) is 12.1. The number of nitrogens with one attached hydrogen (secondary N) is 1. The molecule has 0 unspecified atom stereocenters. The van der Waals surface area contributed by atoms with Gasteiger partial charge < -0.3 is 11.1 Å². The van der Waals surface area contributed by atoms with Crippen LogP contribution in [0.3, 0.4) is 0 Å². The molecule has 212 valence electrons. The van der Waals surface area contributed by atoms with Crippen molar-refractivity contribution in [3.05, 3.63) is 99.3 Å². The van der Waals surface area contributed by atoms with Crippen LogP contribution in [0, 0.1) is 5.82 Å². The number of carbonyl (C=O) groups is 2. The number of sulfonamides is 1. The Bertz CT molecular complexity index is 1450. The summed E-state index contributed by atoms with van der Waals surface area (Å²) in [6.07, 6.45) is 1.27. The van der Waals surface area contributed by atoms with E-state index in [9.17, 15) is 18.0 Å². The van der Waals surface area contributed by atoms with Gasteiger partial charge in [-0.05, 0) is 60.0 Å². The fraction of sp³-hybridized carbons (Fsp3) is 0.286. The van der Waals surface area contributed by atoms with E-state index in [2.05, 4.69) is 10.2 Å². The maximum atomic E-state index is 15.1. The van der Waals surface area contributed by atoms with E-state index in [1.807, 2.05) is 24.3 Å². The lowest BCUT2D eigenvalue weighted by Crippen LogP contribution is -2.61. The van der Waals surface area contributed by atoms with Crippen molar-refractivity contribution in [1.29, 1.82) is 0 Å².